The zero-order chi connectivity index (χ0) is 13.2. The van der Waals surface area contributed by atoms with Crippen molar-refractivity contribution in [1.29, 1.82) is 0 Å². The molecule has 102 valence electrons. The molecule has 0 aromatic rings. The Bertz CT molecular complexity index is 337. The van der Waals surface area contributed by atoms with E-state index in [9.17, 15) is 13.5 Å². The number of hydrogen-bond acceptors (Lipinski definition) is 3. The van der Waals surface area contributed by atoms with Crippen molar-refractivity contribution in [3.63, 3.8) is 0 Å². The lowest BCUT2D eigenvalue weighted by Crippen LogP contribution is -2.41. The molecule has 0 atom stereocenters. The summed E-state index contributed by atoms with van der Waals surface area (Å²) in [4.78, 5) is 0. The van der Waals surface area contributed by atoms with Crippen LogP contribution in [0, 0.1) is 5.41 Å². The lowest BCUT2D eigenvalue weighted by Gasteiger charge is -2.23. The van der Waals surface area contributed by atoms with Crippen LogP contribution >= 0.6 is 0 Å². The predicted molar refractivity (Wildman–Crippen MR) is 69.3 cm³/mol. The number of aliphatic hydroxyl groups is 1. The van der Waals surface area contributed by atoms with Gasteiger partial charge in [0.25, 0.3) is 0 Å². The average Bonchev–Trinajstić information content (AvgIpc) is 2.60. The number of sulfonamides is 1. The topological polar surface area (TPSA) is 66.4 Å². The van der Waals surface area contributed by atoms with E-state index in [0.29, 0.717) is 19.3 Å². The predicted octanol–water partition coefficient (Wildman–Crippen LogP) is 1.65. The monoisotopic (exact) mass is 263 g/mol. The summed E-state index contributed by atoms with van der Waals surface area (Å²) in [5, 5.41) is 10.1. The molecule has 2 N–H and O–H groups in total. The van der Waals surface area contributed by atoms with E-state index in [1.54, 1.807) is 0 Å². The van der Waals surface area contributed by atoms with Crippen molar-refractivity contribution < 1.29 is 13.5 Å². The van der Waals surface area contributed by atoms with Crippen molar-refractivity contribution in [2.24, 2.45) is 5.41 Å². The van der Waals surface area contributed by atoms with E-state index in [0.717, 1.165) is 12.8 Å². The van der Waals surface area contributed by atoms with Crippen molar-refractivity contribution in [1.82, 2.24) is 4.72 Å². The van der Waals surface area contributed by atoms with Gasteiger partial charge in [-0.1, -0.05) is 33.6 Å². The normalized spacial score (nSPS) is 20.7. The molecular formula is C12H25NO3S. The first kappa shape index (κ1) is 14.9. The maximum Gasteiger partial charge on any atom is 0.211 e. The fraction of sp³-hybridized carbons (Fsp3) is 1.00. The van der Waals surface area contributed by atoms with E-state index < -0.39 is 15.6 Å². The second-order valence-corrected chi connectivity index (χ2v) is 8.31. The molecule has 0 heterocycles. The molecule has 1 saturated carbocycles. The van der Waals surface area contributed by atoms with Crippen LogP contribution in [0.1, 0.15) is 52.9 Å². The van der Waals surface area contributed by atoms with E-state index in [-0.39, 0.29) is 17.7 Å². The van der Waals surface area contributed by atoms with Gasteiger partial charge in [-0.3, -0.25) is 0 Å². The molecule has 1 aliphatic rings. The lowest BCUT2D eigenvalue weighted by molar-refractivity contribution is 0.0531. The zero-order valence-electron chi connectivity index (χ0n) is 11.1. The molecule has 0 radical (unpaired) electrons. The molecule has 0 unspecified atom stereocenters. The van der Waals surface area contributed by atoms with Gasteiger partial charge in [-0.15, -0.1) is 0 Å². The third kappa shape index (κ3) is 5.84. The molecule has 0 amide bonds. The molecule has 5 heteroatoms. The summed E-state index contributed by atoms with van der Waals surface area (Å²) in [5.41, 5.74) is -0.798. The van der Waals surface area contributed by atoms with E-state index in [1.807, 2.05) is 20.8 Å². The lowest BCUT2D eigenvalue weighted by atomic mass is 9.94. The Balaban J connectivity index is 2.39. The van der Waals surface area contributed by atoms with Gasteiger partial charge < -0.3 is 5.11 Å². The molecule has 0 aromatic carbocycles. The number of nitrogens with one attached hydrogen (secondary N) is 1. The first-order valence-electron chi connectivity index (χ1n) is 6.32. The second kappa shape index (κ2) is 5.24. The SMILES string of the molecule is CC(C)(C)CCS(=O)(=O)NCC1(O)CCCC1. The molecule has 1 aliphatic carbocycles. The Morgan fingerprint density at radius 3 is 2.24 bits per heavy atom. The second-order valence-electron chi connectivity index (χ2n) is 6.38. The smallest absolute Gasteiger partial charge is 0.211 e. The molecule has 17 heavy (non-hydrogen) atoms. The minimum absolute atomic E-state index is 0.0129. The highest BCUT2D eigenvalue weighted by atomic mass is 32.2. The summed E-state index contributed by atoms with van der Waals surface area (Å²) in [6.45, 7) is 6.23. The fourth-order valence-corrected chi connectivity index (χ4v) is 3.48. The van der Waals surface area contributed by atoms with Crippen molar-refractivity contribution >= 4 is 10.0 Å². The molecule has 0 spiro atoms. The van der Waals surface area contributed by atoms with Crippen LogP contribution < -0.4 is 4.72 Å². The third-order valence-corrected chi connectivity index (χ3v) is 4.60. The van der Waals surface area contributed by atoms with E-state index >= 15 is 0 Å². The Morgan fingerprint density at radius 2 is 1.76 bits per heavy atom. The van der Waals surface area contributed by atoms with Crippen molar-refractivity contribution in [2.75, 3.05) is 12.3 Å². The largest absolute Gasteiger partial charge is 0.389 e. The maximum absolute atomic E-state index is 11.8. The third-order valence-electron chi connectivity index (χ3n) is 3.28. The first-order valence-corrected chi connectivity index (χ1v) is 7.97. The summed E-state index contributed by atoms with van der Waals surface area (Å²) in [6, 6.07) is 0. The molecule has 1 fully saturated rings. The molecular weight excluding hydrogens is 238 g/mol. The van der Waals surface area contributed by atoms with Gasteiger partial charge in [0.05, 0.1) is 11.4 Å². The van der Waals surface area contributed by atoms with Crippen molar-refractivity contribution in [3.8, 4) is 0 Å². The Kier molecular flexibility index (Phi) is 4.60. The van der Waals surface area contributed by atoms with Gasteiger partial charge in [0.1, 0.15) is 0 Å². The maximum atomic E-state index is 11.8. The molecule has 0 aromatic heterocycles. The Hall–Kier alpha value is -0.130. The van der Waals surface area contributed by atoms with Crippen molar-refractivity contribution in [3.05, 3.63) is 0 Å². The van der Waals surface area contributed by atoms with E-state index in [2.05, 4.69) is 4.72 Å². The summed E-state index contributed by atoms with van der Waals surface area (Å²) < 4.78 is 26.0. The first-order chi connectivity index (χ1) is 7.62. The van der Waals surface area contributed by atoms with Crippen LogP contribution in [0.3, 0.4) is 0 Å². The number of rotatable bonds is 5. The van der Waals surface area contributed by atoms with Crippen LogP contribution in [0.25, 0.3) is 0 Å². The summed E-state index contributed by atoms with van der Waals surface area (Å²) in [6.07, 6.45) is 4.00. The molecule has 4 nitrogen and oxygen atoms in total. The van der Waals surface area contributed by atoms with Gasteiger partial charge in [-0.05, 0) is 24.7 Å². The highest BCUT2D eigenvalue weighted by Crippen LogP contribution is 2.28. The van der Waals surface area contributed by atoms with E-state index in [4.69, 9.17) is 0 Å². The van der Waals surface area contributed by atoms with Crippen molar-refractivity contribution in [2.45, 2.75) is 58.5 Å². The van der Waals surface area contributed by atoms with Gasteiger partial charge in [0, 0.05) is 6.54 Å². The minimum Gasteiger partial charge on any atom is -0.389 e. The molecule has 0 bridgehead atoms. The van der Waals surface area contributed by atoms with Gasteiger partial charge in [0.15, 0.2) is 0 Å². The Labute approximate surface area is 105 Å². The van der Waals surface area contributed by atoms with E-state index in [1.165, 1.54) is 0 Å². The standard InChI is InChI=1S/C12H25NO3S/c1-11(2,3)8-9-17(15,16)13-10-12(14)6-4-5-7-12/h13-14H,4-10H2,1-3H3. The number of hydrogen-bond donors (Lipinski definition) is 2. The van der Waals surface area contributed by atoms with Gasteiger partial charge in [-0.25, -0.2) is 13.1 Å². The van der Waals surface area contributed by atoms with Crippen LogP contribution in [0.5, 0.6) is 0 Å². The van der Waals surface area contributed by atoms with Gasteiger partial charge in [-0.2, -0.15) is 0 Å². The highest BCUT2D eigenvalue weighted by Gasteiger charge is 2.32. The highest BCUT2D eigenvalue weighted by molar-refractivity contribution is 7.89. The van der Waals surface area contributed by atoms with Crippen LogP contribution in [0.15, 0.2) is 0 Å². The summed E-state index contributed by atoms with van der Waals surface area (Å²) in [5.74, 6) is 0.132. The molecule has 0 aliphatic heterocycles. The summed E-state index contributed by atoms with van der Waals surface area (Å²) in [7, 11) is -3.25. The minimum atomic E-state index is -3.25. The quantitative estimate of drug-likeness (QED) is 0.792. The van der Waals surface area contributed by atoms with Crippen LogP contribution in [-0.4, -0.2) is 31.4 Å². The van der Waals surface area contributed by atoms with Crippen LogP contribution in [0.2, 0.25) is 0 Å². The Morgan fingerprint density at radius 1 is 1.24 bits per heavy atom. The van der Waals surface area contributed by atoms with Gasteiger partial charge in [0.2, 0.25) is 10.0 Å². The molecule has 1 rings (SSSR count). The summed E-state index contributed by atoms with van der Waals surface area (Å²) >= 11 is 0. The average molecular weight is 263 g/mol. The van der Waals surface area contributed by atoms with Crippen LogP contribution in [-0.2, 0) is 10.0 Å². The van der Waals surface area contributed by atoms with Gasteiger partial charge >= 0.3 is 0 Å². The zero-order valence-corrected chi connectivity index (χ0v) is 11.9. The van der Waals surface area contributed by atoms with Crippen LogP contribution in [0.4, 0.5) is 0 Å². The fourth-order valence-electron chi connectivity index (χ4n) is 1.97. The molecule has 0 saturated heterocycles.